The minimum Gasteiger partial charge on any atom is -0.495 e. The fourth-order valence-corrected chi connectivity index (χ4v) is 3.25. The lowest BCUT2D eigenvalue weighted by atomic mass is 10.1. The van der Waals surface area contributed by atoms with Crippen molar-refractivity contribution in [1.29, 1.82) is 0 Å². The van der Waals surface area contributed by atoms with E-state index in [4.69, 9.17) is 9.47 Å². The van der Waals surface area contributed by atoms with Gasteiger partial charge in [0.05, 0.1) is 25.0 Å². The maximum atomic E-state index is 13.0. The van der Waals surface area contributed by atoms with Crippen LogP contribution in [0.4, 0.5) is 11.4 Å². The number of hydrogen-bond acceptors (Lipinski definition) is 5. The third kappa shape index (κ3) is 4.62. The molecule has 1 aliphatic heterocycles. The van der Waals surface area contributed by atoms with Crippen molar-refractivity contribution in [2.75, 3.05) is 30.4 Å². The monoisotopic (exact) mass is 397 g/mol. The van der Waals surface area contributed by atoms with E-state index < -0.39 is 12.1 Å². The molecule has 3 rings (SSSR count). The Hall–Kier alpha value is -3.22. The molecule has 0 aliphatic carbocycles. The van der Waals surface area contributed by atoms with Crippen molar-refractivity contribution in [1.82, 2.24) is 5.32 Å². The number of methoxy groups -OCH3 is 1. The highest BCUT2D eigenvalue weighted by Gasteiger charge is 2.35. The molecule has 2 atom stereocenters. The Labute approximate surface area is 171 Å². The predicted molar refractivity (Wildman–Crippen MR) is 113 cm³/mol. The molecule has 1 aliphatic rings. The molecular weight excluding hydrogens is 370 g/mol. The smallest absolute Gasteiger partial charge is 0.262 e. The van der Waals surface area contributed by atoms with E-state index in [1.807, 2.05) is 55.1 Å². The van der Waals surface area contributed by atoms with E-state index >= 15 is 0 Å². The molecule has 0 unspecified atom stereocenters. The standard InChI is InChI=1S/C22H27N3O4/c1-4-13-23-22(27)20-14-25(17-10-6-8-12-19(17)29-20)15(2)21(26)24-16-9-5-7-11-18(16)28-3/h5-12,15,20H,4,13-14H2,1-3H3,(H,23,27)(H,24,26)/t15-,20-/m0/s1. The van der Waals surface area contributed by atoms with Gasteiger partial charge in [-0.15, -0.1) is 0 Å². The molecule has 1 heterocycles. The van der Waals surface area contributed by atoms with Crippen molar-refractivity contribution in [3.05, 3.63) is 48.5 Å². The Bertz CT molecular complexity index is 871. The maximum absolute atomic E-state index is 13.0. The zero-order valence-corrected chi connectivity index (χ0v) is 17.0. The van der Waals surface area contributed by atoms with Gasteiger partial charge in [-0.05, 0) is 37.6 Å². The van der Waals surface area contributed by atoms with E-state index in [0.717, 1.165) is 12.1 Å². The van der Waals surface area contributed by atoms with Crippen molar-refractivity contribution in [2.45, 2.75) is 32.4 Å². The summed E-state index contributed by atoms with van der Waals surface area (Å²) in [5, 5.41) is 5.79. The molecule has 29 heavy (non-hydrogen) atoms. The van der Waals surface area contributed by atoms with Gasteiger partial charge < -0.3 is 25.0 Å². The second-order valence-electron chi connectivity index (χ2n) is 6.88. The Morgan fingerprint density at radius 3 is 2.69 bits per heavy atom. The summed E-state index contributed by atoms with van der Waals surface area (Å²) in [7, 11) is 1.56. The van der Waals surface area contributed by atoms with Gasteiger partial charge in [0.1, 0.15) is 17.5 Å². The van der Waals surface area contributed by atoms with Crippen molar-refractivity contribution in [2.24, 2.45) is 0 Å². The summed E-state index contributed by atoms with van der Waals surface area (Å²) >= 11 is 0. The molecule has 0 fully saturated rings. The lowest BCUT2D eigenvalue weighted by molar-refractivity contribution is -0.128. The van der Waals surface area contributed by atoms with E-state index in [1.54, 1.807) is 19.2 Å². The quantitative estimate of drug-likeness (QED) is 0.751. The lowest BCUT2D eigenvalue weighted by Crippen LogP contribution is -2.54. The molecule has 2 aromatic rings. The van der Waals surface area contributed by atoms with Crippen LogP contribution < -0.4 is 25.0 Å². The molecule has 0 saturated carbocycles. The van der Waals surface area contributed by atoms with Gasteiger partial charge in [0.15, 0.2) is 6.10 Å². The SMILES string of the molecule is CCCNC(=O)[C@@H]1CN([C@@H](C)C(=O)Nc2ccccc2OC)c2ccccc2O1. The molecule has 7 nitrogen and oxygen atoms in total. The third-order valence-electron chi connectivity index (χ3n) is 4.86. The number of nitrogens with zero attached hydrogens (tertiary/aromatic N) is 1. The van der Waals surface area contributed by atoms with Crippen LogP contribution in [0.15, 0.2) is 48.5 Å². The Morgan fingerprint density at radius 1 is 1.21 bits per heavy atom. The highest BCUT2D eigenvalue weighted by molar-refractivity contribution is 5.98. The first-order chi connectivity index (χ1) is 14.0. The van der Waals surface area contributed by atoms with Gasteiger partial charge in [-0.1, -0.05) is 31.2 Å². The van der Waals surface area contributed by atoms with Gasteiger partial charge >= 0.3 is 0 Å². The normalized spacial score (nSPS) is 16.2. The van der Waals surface area contributed by atoms with E-state index in [1.165, 1.54) is 0 Å². The van der Waals surface area contributed by atoms with Crippen LogP contribution in [0.5, 0.6) is 11.5 Å². The van der Waals surface area contributed by atoms with Crippen LogP contribution in [0.1, 0.15) is 20.3 Å². The molecule has 0 spiro atoms. The van der Waals surface area contributed by atoms with E-state index in [-0.39, 0.29) is 18.4 Å². The molecule has 2 aromatic carbocycles. The van der Waals surface area contributed by atoms with E-state index in [9.17, 15) is 9.59 Å². The van der Waals surface area contributed by atoms with E-state index in [0.29, 0.717) is 23.7 Å². The van der Waals surface area contributed by atoms with Gasteiger partial charge in [0.2, 0.25) is 5.91 Å². The highest BCUT2D eigenvalue weighted by atomic mass is 16.5. The molecule has 0 aromatic heterocycles. The van der Waals surface area contributed by atoms with Crippen molar-refractivity contribution >= 4 is 23.2 Å². The summed E-state index contributed by atoms with van der Waals surface area (Å²) in [6.07, 6.45) is 0.161. The largest absolute Gasteiger partial charge is 0.495 e. The van der Waals surface area contributed by atoms with Gasteiger partial charge in [0, 0.05) is 6.54 Å². The zero-order chi connectivity index (χ0) is 20.8. The zero-order valence-electron chi connectivity index (χ0n) is 17.0. The summed E-state index contributed by atoms with van der Waals surface area (Å²) in [5.74, 6) is 0.808. The number of amides is 2. The second-order valence-corrected chi connectivity index (χ2v) is 6.88. The second kappa shape index (κ2) is 9.32. The summed E-state index contributed by atoms with van der Waals surface area (Å²) in [6, 6.07) is 14.2. The molecule has 2 N–H and O–H groups in total. The van der Waals surface area contributed by atoms with Gasteiger partial charge in [-0.2, -0.15) is 0 Å². The molecule has 0 radical (unpaired) electrons. The first-order valence-electron chi connectivity index (χ1n) is 9.79. The molecule has 7 heteroatoms. The number of nitrogens with one attached hydrogen (secondary N) is 2. The number of rotatable bonds is 7. The lowest BCUT2D eigenvalue weighted by Gasteiger charge is -2.38. The van der Waals surface area contributed by atoms with E-state index in [2.05, 4.69) is 10.6 Å². The first-order valence-corrected chi connectivity index (χ1v) is 9.79. The van der Waals surface area contributed by atoms with Crippen LogP contribution in [-0.2, 0) is 9.59 Å². The molecule has 2 amide bonds. The number of hydrogen-bond donors (Lipinski definition) is 2. The number of ether oxygens (including phenoxy) is 2. The fourth-order valence-electron chi connectivity index (χ4n) is 3.25. The molecule has 154 valence electrons. The number of benzene rings is 2. The average molecular weight is 397 g/mol. The minimum absolute atomic E-state index is 0.177. The van der Waals surface area contributed by atoms with Crippen molar-refractivity contribution < 1.29 is 19.1 Å². The van der Waals surface area contributed by atoms with Crippen LogP contribution in [-0.4, -0.2) is 44.2 Å². The Kier molecular flexibility index (Phi) is 6.59. The van der Waals surface area contributed by atoms with Crippen molar-refractivity contribution in [3.8, 4) is 11.5 Å². The van der Waals surface area contributed by atoms with Crippen LogP contribution in [0.3, 0.4) is 0 Å². The molecule has 0 saturated heterocycles. The molecule has 0 bridgehead atoms. The topological polar surface area (TPSA) is 79.9 Å². The third-order valence-corrected chi connectivity index (χ3v) is 4.86. The Balaban J connectivity index is 1.81. The van der Waals surface area contributed by atoms with Gasteiger partial charge in [-0.3, -0.25) is 9.59 Å². The number of fused-ring (bicyclic) bond motifs is 1. The first kappa shape index (κ1) is 20.5. The molecular formula is C22H27N3O4. The predicted octanol–water partition coefficient (Wildman–Crippen LogP) is 2.82. The van der Waals surface area contributed by atoms with Gasteiger partial charge in [-0.25, -0.2) is 0 Å². The number of para-hydroxylation sites is 4. The Morgan fingerprint density at radius 2 is 1.93 bits per heavy atom. The van der Waals surface area contributed by atoms with Crippen LogP contribution in [0, 0.1) is 0 Å². The summed E-state index contributed by atoms with van der Waals surface area (Å²) in [4.78, 5) is 27.4. The maximum Gasteiger partial charge on any atom is 0.262 e. The summed E-state index contributed by atoms with van der Waals surface area (Å²) < 4.78 is 11.2. The highest BCUT2D eigenvalue weighted by Crippen LogP contribution is 2.35. The fraction of sp³-hybridized carbons (Fsp3) is 0.364. The number of carbonyl (C=O) groups is 2. The van der Waals surface area contributed by atoms with Crippen LogP contribution in [0.25, 0.3) is 0 Å². The minimum atomic E-state index is -0.682. The number of anilines is 2. The number of carbonyl (C=O) groups excluding carboxylic acids is 2. The summed E-state index contributed by atoms with van der Waals surface area (Å²) in [5.41, 5.74) is 1.39. The summed E-state index contributed by atoms with van der Waals surface area (Å²) in [6.45, 7) is 4.68. The van der Waals surface area contributed by atoms with Crippen LogP contribution >= 0.6 is 0 Å². The van der Waals surface area contributed by atoms with Crippen LogP contribution in [0.2, 0.25) is 0 Å². The average Bonchev–Trinajstić information content (AvgIpc) is 2.76. The van der Waals surface area contributed by atoms with Crippen molar-refractivity contribution in [3.63, 3.8) is 0 Å². The van der Waals surface area contributed by atoms with Gasteiger partial charge in [0.25, 0.3) is 5.91 Å².